The highest BCUT2D eigenvalue weighted by Crippen LogP contribution is 2.32. The monoisotopic (exact) mass is 286 g/mol. The molecule has 0 spiro atoms. The lowest BCUT2D eigenvalue weighted by Crippen LogP contribution is -2.30. The first-order valence-electron chi connectivity index (χ1n) is 5.79. The number of nitro benzene ring substituents is 1. The standard InChI is InChI=1S/C12H15FN2O5/c1-6(12(16)17)7(2)14-9-5-11(20-3)8(13)4-10(9)15(18)19/h4-7,14H,1-3H3,(H,16,17). The number of carbonyl (C=O) groups is 1. The van der Waals surface area contributed by atoms with Crippen LogP contribution in [0.5, 0.6) is 5.75 Å². The van der Waals surface area contributed by atoms with Gasteiger partial charge in [-0.1, -0.05) is 0 Å². The van der Waals surface area contributed by atoms with Crippen LogP contribution >= 0.6 is 0 Å². The number of methoxy groups -OCH3 is 1. The van der Waals surface area contributed by atoms with Gasteiger partial charge in [0.05, 0.1) is 24.0 Å². The summed E-state index contributed by atoms with van der Waals surface area (Å²) in [6.07, 6.45) is 0. The second-order valence-electron chi connectivity index (χ2n) is 4.32. The van der Waals surface area contributed by atoms with Gasteiger partial charge < -0.3 is 15.2 Å². The number of hydrogen-bond donors (Lipinski definition) is 2. The fourth-order valence-electron chi connectivity index (χ4n) is 1.55. The summed E-state index contributed by atoms with van der Waals surface area (Å²) in [5, 5.41) is 22.5. The van der Waals surface area contributed by atoms with Gasteiger partial charge in [0.1, 0.15) is 5.69 Å². The number of rotatable bonds is 6. The van der Waals surface area contributed by atoms with Gasteiger partial charge >= 0.3 is 5.97 Å². The number of ether oxygens (including phenoxy) is 1. The first-order valence-corrected chi connectivity index (χ1v) is 5.79. The van der Waals surface area contributed by atoms with E-state index in [4.69, 9.17) is 9.84 Å². The van der Waals surface area contributed by atoms with E-state index in [0.29, 0.717) is 0 Å². The molecule has 1 aromatic rings. The highest BCUT2D eigenvalue weighted by molar-refractivity contribution is 5.72. The molecule has 2 atom stereocenters. The molecule has 7 nitrogen and oxygen atoms in total. The summed E-state index contributed by atoms with van der Waals surface area (Å²) in [6, 6.07) is 1.29. The second-order valence-corrected chi connectivity index (χ2v) is 4.32. The Morgan fingerprint density at radius 3 is 2.55 bits per heavy atom. The van der Waals surface area contributed by atoms with Crippen LogP contribution in [0.3, 0.4) is 0 Å². The minimum atomic E-state index is -1.04. The van der Waals surface area contributed by atoms with Crippen LogP contribution in [0.2, 0.25) is 0 Å². The number of carboxylic acid groups (broad SMARTS) is 1. The molecule has 0 fully saturated rings. The summed E-state index contributed by atoms with van der Waals surface area (Å²) in [7, 11) is 1.23. The highest BCUT2D eigenvalue weighted by atomic mass is 19.1. The molecule has 0 aromatic heterocycles. The van der Waals surface area contributed by atoms with Crippen molar-refractivity contribution >= 4 is 17.3 Å². The number of halogens is 1. The molecule has 2 unspecified atom stereocenters. The predicted molar refractivity (Wildman–Crippen MR) is 69.5 cm³/mol. The number of carboxylic acids is 1. The largest absolute Gasteiger partial charge is 0.494 e. The molecule has 8 heteroatoms. The Balaban J connectivity index is 3.15. The van der Waals surface area contributed by atoms with Crippen LogP contribution in [0.4, 0.5) is 15.8 Å². The molecule has 0 saturated carbocycles. The molecule has 0 aliphatic rings. The van der Waals surface area contributed by atoms with Crippen molar-refractivity contribution in [1.29, 1.82) is 0 Å². The lowest BCUT2D eigenvalue weighted by Gasteiger charge is -2.19. The zero-order valence-electron chi connectivity index (χ0n) is 11.2. The van der Waals surface area contributed by atoms with Crippen LogP contribution in [0, 0.1) is 21.8 Å². The minimum absolute atomic E-state index is 0.00819. The average Bonchev–Trinajstić information content (AvgIpc) is 2.38. The van der Waals surface area contributed by atoms with Crippen molar-refractivity contribution in [3.63, 3.8) is 0 Å². The third-order valence-electron chi connectivity index (χ3n) is 2.99. The molecule has 20 heavy (non-hydrogen) atoms. The van der Waals surface area contributed by atoms with Gasteiger partial charge in [-0.3, -0.25) is 14.9 Å². The van der Waals surface area contributed by atoms with Crippen molar-refractivity contribution in [3.8, 4) is 5.75 Å². The van der Waals surface area contributed by atoms with E-state index in [-0.39, 0.29) is 11.4 Å². The van der Waals surface area contributed by atoms with E-state index < -0.39 is 34.4 Å². The number of hydrogen-bond acceptors (Lipinski definition) is 5. The molecular formula is C12H15FN2O5. The maximum absolute atomic E-state index is 13.5. The molecule has 0 aliphatic carbocycles. The van der Waals surface area contributed by atoms with Gasteiger partial charge in [0.2, 0.25) is 0 Å². The van der Waals surface area contributed by atoms with E-state index in [0.717, 1.165) is 12.1 Å². The predicted octanol–water partition coefficient (Wildman–Crippen LogP) is 2.26. The van der Waals surface area contributed by atoms with Gasteiger partial charge in [-0.2, -0.15) is 0 Å². The van der Waals surface area contributed by atoms with Crippen LogP contribution in [0.1, 0.15) is 13.8 Å². The smallest absolute Gasteiger partial charge is 0.308 e. The summed E-state index contributed by atoms with van der Waals surface area (Å²) >= 11 is 0. The van der Waals surface area contributed by atoms with E-state index in [1.54, 1.807) is 6.92 Å². The van der Waals surface area contributed by atoms with Crippen LogP contribution in [-0.4, -0.2) is 29.2 Å². The molecule has 110 valence electrons. The van der Waals surface area contributed by atoms with Crippen molar-refractivity contribution in [2.75, 3.05) is 12.4 Å². The van der Waals surface area contributed by atoms with Crippen LogP contribution in [0.15, 0.2) is 12.1 Å². The van der Waals surface area contributed by atoms with Gasteiger partial charge in [0.15, 0.2) is 11.6 Å². The zero-order valence-corrected chi connectivity index (χ0v) is 11.2. The van der Waals surface area contributed by atoms with E-state index in [1.807, 2.05) is 0 Å². The van der Waals surface area contributed by atoms with Gasteiger partial charge in [-0.25, -0.2) is 4.39 Å². The molecule has 2 N–H and O–H groups in total. The van der Waals surface area contributed by atoms with Gasteiger partial charge in [-0.05, 0) is 13.8 Å². The summed E-state index contributed by atoms with van der Waals surface area (Å²) < 4.78 is 18.2. The lowest BCUT2D eigenvalue weighted by atomic mass is 10.0. The van der Waals surface area contributed by atoms with Crippen LogP contribution in [-0.2, 0) is 4.79 Å². The molecule has 1 rings (SSSR count). The van der Waals surface area contributed by atoms with Crippen molar-refractivity contribution in [3.05, 3.63) is 28.1 Å². The van der Waals surface area contributed by atoms with Crippen molar-refractivity contribution in [2.45, 2.75) is 19.9 Å². The number of nitrogens with one attached hydrogen (secondary N) is 1. The van der Waals surface area contributed by atoms with Gasteiger partial charge in [0.25, 0.3) is 5.69 Å². The molecular weight excluding hydrogens is 271 g/mol. The number of benzene rings is 1. The molecule has 1 aromatic carbocycles. The van der Waals surface area contributed by atoms with Gasteiger partial charge in [-0.15, -0.1) is 0 Å². The average molecular weight is 286 g/mol. The zero-order chi connectivity index (χ0) is 15.4. The van der Waals surface area contributed by atoms with Crippen molar-refractivity contribution in [2.24, 2.45) is 5.92 Å². The highest BCUT2D eigenvalue weighted by Gasteiger charge is 2.24. The minimum Gasteiger partial charge on any atom is -0.494 e. The van der Waals surface area contributed by atoms with Crippen LogP contribution < -0.4 is 10.1 Å². The second kappa shape index (κ2) is 6.18. The summed E-state index contributed by atoms with van der Waals surface area (Å²) in [6.45, 7) is 3.03. The number of aliphatic carboxylic acids is 1. The molecule has 0 amide bonds. The number of nitrogens with zero attached hydrogens (tertiary/aromatic N) is 1. The number of anilines is 1. The Labute approximate surface area is 114 Å². The Bertz CT molecular complexity index is 535. The van der Waals surface area contributed by atoms with Crippen molar-refractivity contribution < 1.29 is 24.0 Å². The van der Waals surface area contributed by atoms with E-state index in [9.17, 15) is 19.3 Å². The summed E-state index contributed by atoms with van der Waals surface area (Å²) in [5.41, 5.74) is -0.471. The third kappa shape index (κ3) is 3.34. The SMILES string of the molecule is COc1cc(NC(C)C(C)C(=O)O)c([N+](=O)[O-])cc1F. The topological polar surface area (TPSA) is 102 Å². The Morgan fingerprint density at radius 2 is 2.10 bits per heavy atom. The summed E-state index contributed by atoms with van der Waals surface area (Å²) in [5.74, 6) is -2.83. The fourth-order valence-corrected chi connectivity index (χ4v) is 1.55. The molecule has 0 heterocycles. The normalized spacial score (nSPS) is 13.4. The lowest BCUT2D eigenvalue weighted by molar-refractivity contribution is -0.384. The molecule has 0 radical (unpaired) electrons. The Kier molecular flexibility index (Phi) is 4.84. The maximum Gasteiger partial charge on any atom is 0.308 e. The molecule has 0 aliphatic heterocycles. The first kappa shape index (κ1) is 15.7. The van der Waals surface area contributed by atoms with Crippen LogP contribution in [0.25, 0.3) is 0 Å². The van der Waals surface area contributed by atoms with Crippen molar-refractivity contribution in [1.82, 2.24) is 0 Å². The van der Waals surface area contributed by atoms with Gasteiger partial charge in [0, 0.05) is 12.1 Å². The molecule has 0 bridgehead atoms. The van der Waals surface area contributed by atoms with E-state index >= 15 is 0 Å². The quantitative estimate of drug-likeness (QED) is 0.614. The summed E-state index contributed by atoms with van der Waals surface area (Å²) in [4.78, 5) is 21.0. The third-order valence-corrected chi connectivity index (χ3v) is 2.99. The Morgan fingerprint density at radius 1 is 1.50 bits per heavy atom. The van der Waals surface area contributed by atoms with E-state index in [2.05, 4.69) is 5.32 Å². The maximum atomic E-state index is 13.5. The Hall–Kier alpha value is -2.38. The first-order chi connectivity index (χ1) is 9.27. The van der Waals surface area contributed by atoms with E-state index in [1.165, 1.54) is 14.0 Å². The number of nitro groups is 1. The fraction of sp³-hybridized carbons (Fsp3) is 0.417. The molecule has 0 saturated heterocycles.